The van der Waals surface area contributed by atoms with Gasteiger partial charge < -0.3 is 20.6 Å². The Morgan fingerprint density at radius 2 is 2.17 bits per heavy atom. The topological polar surface area (TPSA) is 114 Å². The molecule has 0 aliphatic rings. The van der Waals surface area contributed by atoms with E-state index in [0.717, 1.165) is 34.1 Å². The number of nitrogens with two attached hydrogens (primary N) is 1. The Balaban J connectivity index is 2.04. The molecule has 0 saturated carbocycles. The van der Waals surface area contributed by atoms with Gasteiger partial charge in [-0.3, -0.25) is 4.98 Å². The first kappa shape index (κ1) is 16.4. The highest BCUT2D eigenvalue weighted by atomic mass is 16.5. The van der Waals surface area contributed by atoms with Gasteiger partial charge in [0.15, 0.2) is 0 Å². The molecule has 24 heavy (non-hydrogen) atoms. The fourth-order valence-corrected chi connectivity index (χ4v) is 2.66. The number of nitrogens with one attached hydrogen (secondary N) is 1. The highest BCUT2D eigenvalue weighted by Gasteiger charge is 2.15. The Morgan fingerprint density at radius 1 is 1.38 bits per heavy atom. The second-order valence-electron chi connectivity index (χ2n) is 5.91. The minimum atomic E-state index is -1.00. The van der Waals surface area contributed by atoms with Crippen LogP contribution in [0, 0.1) is 5.92 Å². The van der Waals surface area contributed by atoms with E-state index in [1.165, 1.54) is 0 Å². The number of fused-ring (bicyclic) bond motifs is 3. The smallest absolute Gasteiger partial charge is 0.329 e. The summed E-state index contributed by atoms with van der Waals surface area (Å²) in [6, 6.07) is 7.83. The standard InChI is InChI=1S/C17H20N4O3/c1-10(7-18)6-13-17-16(11-4-2-3-5-12(11)19-13)20-14(21-17)8-24-9-15(22)23/h2-5,10H,6-9,18H2,1H3,(H,20,21)(H,22,23). The van der Waals surface area contributed by atoms with Crippen LogP contribution < -0.4 is 5.73 Å². The van der Waals surface area contributed by atoms with Crippen molar-refractivity contribution in [2.45, 2.75) is 20.0 Å². The molecule has 0 radical (unpaired) electrons. The first-order chi connectivity index (χ1) is 11.6. The lowest BCUT2D eigenvalue weighted by Crippen LogP contribution is -2.14. The molecule has 0 aliphatic heterocycles. The van der Waals surface area contributed by atoms with E-state index >= 15 is 0 Å². The number of carbonyl (C=O) groups is 1. The third-order valence-corrected chi connectivity index (χ3v) is 3.86. The predicted octanol–water partition coefficient (Wildman–Crippen LogP) is 1.85. The molecule has 3 rings (SSSR count). The summed E-state index contributed by atoms with van der Waals surface area (Å²) in [5.74, 6) is -0.112. The molecular weight excluding hydrogens is 308 g/mol. The number of carboxylic acid groups (broad SMARTS) is 1. The number of H-pyrrole nitrogens is 1. The van der Waals surface area contributed by atoms with Crippen molar-refractivity contribution >= 4 is 27.9 Å². The second kappa shape index (κ2) is 6.94. The normalized spacial score (nSPS) is 12.8. The Kier molecular flexibility index (Phi) is 4.73. The maximum Gasteiger partial charge on any atom is 0.329 e. The van der Waals surface area contributed by atoms with Crippen LogP contribution in [0.3, 0.4) is 0 Å². The minimum Gasteiger partial charge on any atom is -0.480 e. The number of aromatic amines is 1. The lowest BCUT2D eigenvalue weighted by Gasteiger charge is -2.09. The molecule has 0 fully saturated rings. The molecule has 1 unspecified atom stereocenters. The fourth-order valence-electron chi connectivity index (χ4n) is 2.66. The maximum absolute atomic E-state index is 10.6. The number of para-hydroxylation sites is 1. The van der Waals surface area contributed by atoms with Crippen molar-refractivity contribution in [1.29, 1.82) is 0 Å². The van der Waals surface area contributed by atoms with Crippen molar-refractivity contribution in [1.82, 2.24) is 15.0 Å². The Hall–Kier alpha value is -2.51. The molecule has 126 valence electrons. The van der Waals surface area contributed by atoms with Gasteiger partial charge in [-0.05, 0) is 24.9 Å². The summed E-state index contributed by atoms with van der Waals surface area (Å²) in [6.45, 7) is 2.42. The van der Waals surface area contributed by atoms with Crippen molar-refractivity contribution in [2.24, 2.45) is 11.7 Å². The molecule has 2 heterocycles. The molecule has 1 atom stereocenters. The van der Waals surface area contributed by atoms with E-state index in [1.54, 1.807) is 0 Å². The summed E-state index contributed by atoms with van der Waals surface area (Å²) in [4.78, 5) is 23.1. The zero-order chi connectivity index (χ0) is 17.1. The van der Waals surface area contributed by atoms with Crippen LogP contribution in [0.5, 0.6) is 0 Å². The molecular formula is C17H20N4O3. The van der Waals surface area contributed by atoms with Crippen LogP contribution >= 0.6 is 0 Å². The van der Waals surface area contributed by atoms with Gasteiger partial charge in [-0.15, -0.1) is 0 Å². The van der Waals surface area contributed by atoms with Crippen LogP contribution in [0.1, 0.15) is 18.4 Å². The summed E-state index contributed by atoms with van der Waals surface area (Å²) in [6.07, 6.45) is 0.745. The van der Waals surface area contributed by atoms with Crippen LogP contribution in [-0.2, 0) is 22.6 Å². The van der Waals surface area contributed by atoms with Crippen LogP contribution in [0.25, 0.3) is 21.9 Å². The molecule has 0 spiro atoms. The average molecular weight is 328 g/mol. The van der Waals surface area contributed by atoms with E-state index in [4.69, 9.17) is 20.6 Å². The van der Waals surface area contributed by atoms with Gasteiger partial charge >= 0.3 is 5.97 Å². The van der Waals surface area contributed by atoms with Crippen LogP contribution in [0.2, 0.25) is 0 Å². The van der Waals surface area contributed by atoms with Crippen molar-refractivity contribution in [2.75, 3.05) is 13.2 Å². The van der Waals surface area contributed by atoms with Gasteiger partial charge in [0.25, 0.3) is 0 Å². The largest absolute Gasteiger partial charge is 0.480 e. The summed E-state index contributed by atoms with van der Waals surface area (Å²) < 4.78 is 5.13. The SMILES string of the molecule is CC(CN)Cc1nc2ccccc2c2nc(COCC(=O)O)[nH]c12. The van der Waals surface area contributed by atoms with Crippen LogP contribution in [0.15, 0.2) is 24.3 Å². The summed E-state index contributed by atoms with van der Waals surface area (Å²) in [5, 5.41) is 9.62. The molecule has 3 aromatic rings. The molecule has 0 bridgehead atoms. The highest BCUT2D eigenvalue weighted by molar-refractivity contribution is 6.03. The van der Waals surface area contributed by atoms with Crippen molar-refractivity contribution in [3.8, 4) is 0 Å². The molecule has 0 saturated heterocycles. The van der Waals surface area contributed by atoms with Crippen LogP contribution in [0.4, 0.5) is 0 Å². The number of aromatic nitrogens is 3. The minimum absolute atomic E-state index is 0.112. The molecule has 7 nitrogen and oxygen atoms in total. The zero-order valence-corrected chi connectivity index (χ0v) is 13.5. The zero-order valence-electron chi connectivity index (χ0n) is 13.5. The molecule has 1 aromatic carbocycles. The van der Waals surface area contributed by atoms with E-state index in [-0.39, 0.29) is 13.2 Å². The molecule has 7 heteroatoms. The molecule has 4 N–H and O–H groups in total. The monoisotopic (exact) mass is 328 g/mol. The number of ether oxygens (including phenoxy) is 1. The Morgan fingerprint density at radius 3 is 2.92 bits per heavy atom. The first-order valence-corrected chi connectivity index (χ1v) is 7.84. The third-order valence-electron chi connectivity index (χ3n) is 3.86. The Bertz CT molecular complexity index is 875. The molecule has 2 aromatic heterocycles. The molecule has 0 amide bonds. The number of rotatable bonds is 7. The fraction of sp³-hybridized carbons (Fsp3) is 0.353. The van der Waals surface area contributed by atoms with E-state index in [0.29, 0.717) is 18.3 Å². The predicted molar refractivity (Wildman–Crippen MR) is 90.6 cm³/mol. The lowest BCUT2D eigenvalue weighted by atomic mass is 10.0. The molecule has 0 aliphatic carbocycles. The number of hydrogen-bond donors (Lipinski definition) is 3. The second-order valence-corrected chi connectivity index (χ2v) is 5.91. The quantitative estimate of drug-likeness (QED) is 0.610. The third kappa shape index (κ3) is 3.37. The van der Waals surface area contributed by atoms with Crippen molar-refractivity contribution in [3.63, 3.8) is 0 Å². The summed E-state index contributed by atoms with van der Waals surface area (Å²) in [7, 11) is 0. The Labute approximate surface area is 138 Å². The number of nitrogens with zero attached hydrogens (tertiary/aromatic N) is 2. The van der Waals surface area contributed by atoms with Crippen molar-refractivity contribution in [3.05, 3.63) is 35.8 Å². The van der Waals surface area contributed by atoms with Gasteiger partial charge in [-0.1, -0.05) is 25.1 Å². The number of hydrogen-bond acceptors (Lipinski definition) is 5. The lowest BCUT2D eigenvalue weighted by molar-refractivity contribution is -0.142. The number of benzene rings is 1. The number of aliphatic carboxylic acids is 1. The maximum atomic E-state index is 10.6. The van der Waals surface area contributed by atoms with Gasteiger partial charge in [-0.2, -0.15) is 0 Å². The number of carboxylic acids is 1. The van der Waals surface area contributed by atoms with E-state index < -0.39 is 5.97 Å². The van der Waals surface area contributed by atoms with Gasteiger partial charge in [0.05, 0.1) is 22.2 Å². The van der Waals surface area contributed by atoms with E-state index in [2.05, 4.69) is 16.9 Å². The van der Waals surface area contributed by atoms with E-state index in [1.807, 2.05) is 24.3 Å². The van der Waals surface area contributed by atoms with Crippen molar-refractivity contribution < 1.29 is 14.6 Å². The van der Waals surface area contributed by atoms with Gasteiger partial charge in [0.2, 0.25) is 0 Å². The highest BCUT2D eigenvalue weighted by Crippen LogP contribution is 2.26. The van der Waals surface area contributed by atoms with Gasteiger partial charge in [0.1, 0.15) is 19.0 Å². The number of imidazole rings is 1. The van der Waals surface area contributed by atoms with Gasteiger partial charge in [0, 0.05) is 5.39 Å². The summed E-state index contributed by atoms with van der Waals surface area (Å²) >= 11 is 0. The first-order valence-electron chi connectivity index (χ1n) is 7.84. The number of pyridine rings is 1. The van der Waals surface area contributed by atoms with E-state index in [9.17, 15) is 4.79 Å². The summed E-state index contributed by atoms with van der Waals surface area (Å²) in [5.41, 5.74) is 9.24. The average Bonchev–Trinajstić information content (AvgIpc) is 2.99. The van der Waals surface area contributed by atoms with Gasteiger partial charge in [-0.25, -0.2) is 9.78 Å². The van der Waals surface area contributed by atoms with Crippen LogP contribution in [-0.4, -0.2) is 39.2 Å².